The number of anilines is 1. The van der Waals surface area contributed by atoms with Crippen LogP contribution in [0.25, 0.3) is 10.2 Å². The zero-order chi connectivity index (χ0) is 20.6. The summed E-state index contributed by atoms with van der Waals surface area (Å²) in [5.41, 5.74) is 0.895. The summed E-state index contributed by atoms with van der Waals surface area (Å²) in [6.45, 7) is 3.81. The summed E-state index contributed by atoms with van der Waals surface area (Å²) in [6, 6.07) is 7.49. The molecule has 7 nitrogen and oxygen atoms in total. The first-order valence-electron chi connectivity index (χ1n) is 8.27. The van der Waals surface area contributed by atoms with Gasteiger partial charge in [0.2, 0.25) is 0 Å². The number of thiazole rings is 1. The summed E-state index contributed by atoms with van der Waals surface area (Å²) in [4.78, 5) is 12.1. The molecule has 1 aromatic heterocycles. The second-order valence-electron chi connectivity index (χ2n) is 6.25. The van der Waals surface area contributed by atoms with Crippen LogP contribution in [0, 0.1) is 0 Å². The smallest absolute Gasteiger partial charge is 0.308 e. The topological polar surface area (TPSA) is 86.6 Å². The van der Waals surface area contributed by atoms with E-state index in [0.717, 1.165) is 11.3 Å². The molecule has 0 amide bonds. The van der Waals surface area contributed by atoms with Crippen LogP contribution in [0.15, 0.2) is 40.0 Å². The van der Waals surface area contributed by atoms with Crippen LogP contribution < -0.4 is 19.1 Å². The Hall–Kier alpha value is -2.23. The van der Waals surface area contributed by atoms with E-state index in [-0.39, 0.29) is 27.2 Å². The quantitative estimate of drug-likeness (QED) is 0.620. The van der Waals surface area contributed by atoms with Crippen LogP contribution in [0.1, 0.15) is 19.9 Å². The molecule has 28 heavy (non-hydrogen) atoms. The molecule has 2 aromatic carbocycles. The fourth-order valence-electron chi connectivity index (χ4n) is 2.82. The molecule has 1 N–H and O–H groups in total. The van der Waals surface area contributed by atoms with Gasteiger partial charge in [-0.05, 0) is 32.0 Å². The van der Waals surface area contributed by atoms with Crippen LogP contribution in [0.5, 0.6) is 11.5 Å². The van der Waals surface area contributed by atoms with E-state index >= 15 is 0 Å². The van der Waals surface area contributed by atoms with Crippen molar-refractivity contribution in [1.82, 2.24) is 4.57 Å². The standard InChI is InChI=1S/C18H19ClN2O5S2/c1-10(2)21-14-6-5-11(7-17(14)27-18(21)22)28(23,24)20-13-9-15(25-3)12(19)8-16(13)26-4/h5-10,20H,1-4H3. The van der Waals surface area contributed by atoms with Gasteiger partial charge < -0.3 is 9.47 Å². The highest BCUT2D eigenvalue weighted by Crippen LogP contribution is 2.37. The van der Waals surface area contributed by atoms with Gasteiger partial charge in [0.1, 0.15) is 11.5 Å². The van der Waals surface area contributed by atoms with Gasteiger partial charge in [-0.25, -0.2) is 8.42 Å². The molecular formula is C18H19ClN2O5S2. The first-order valence-corrected chi connectivity index (χ1v) is 10.9. The Balaban J connectivity index is 2.05. The van der Waals surface area contributed by atoms with Gasteiger partial charge >= 0.3 is 4.87 Å². The molecule has 0 fully saturated rings. The summed E-state index contributed by atoms with van der Waals surface area (Å²) < 4.78 is 40.9. The summed E-state index contributed by atoms with van der Waals surface area (Å²) in [7, 11) is -1.09. The highest BCUT2D eigenvalue weighted by molar-refractivity contribution is 7.92. The number of halogens is 1. The van der Waals surface area contributed by atoms with Gasteiger partial charge in [0.15, 0.2) is 0 Å². The molecule has 0 radical (unpaired) electrons. The Bertz CT molecular complexity index is 1200. The van der Waals surface area contributed by atoms with Crippen LogP contribution in [0.2, 0.25) is 5.02 Å². The largest absolute Gasteiger partial charge is 0.495 e. The lowest BCUT2D eigenvalue weighted by Gasteiger charge is -2.14. The van der Waals surface area contributed by atoms with Crippen LogP contribution in [-0.2, 0) is 10.0 Å². The van der Waals surface area contributed by atoms with Crippen molar-refractivity contribution in [2.24, 2.45) is 0 Å². The van der Waals surface area contributed by atoms with E-state index in [0.29, 0.717) is 21.0 Å². The average molecular weight is 443 g/mol. The van der Waals surface area contributed by atoms with Gasteiger partial charge in [0.25, 0.3) is 10.0 Å². The van der Waals surface area contributed by atoms with E-state index in [1.807, 2.05) is 13.8 Å². The van der Waals surface area contributed by atoms with Crippen molar-refractivity contribution in [3.8, 4) is 11.5 Å². The zero-order valence-electron chi connectivity index (χ0n) is 15.6. The lowest BCUT2D eigenvalue weighted by molar-refractivity contribution is 0.405. The predicted octanol–water partition coefficient (Wildman–Crippen LogP) is 4.12. The number of fused-ring (bicyclic) bond motifs is 1. The zero-order valence-corrected chi connectivity index (χ0v) is 18.0. The van der Waals surface area contributed by atoms with Gasteiger partial charge in [-0.2, -0.15) is 0 Å². The number of sulfonamides is 1. The first kappa shape index (κ1) is 20.5. The molecule has 0 saturated heterocycles. The predicted molar refractivity (Wildman–Crippen MR) is 112 cm³/mol. The maximum atomic E-state index is 12.9. The van der Waals surface area contributed by atoms with Crippen LogP contribution in [-0.4, -0.2) is 27.2 Å². The average Bonchev–Trinajstić information content (AvgIpc) is 2.97. The summed E-state index contributed by atoms with van der Waals surface area (Å²) >= 11 is 7.08. The van der Waals surface area contributed by atoms with Gasteiger partial charge in [-0.3, -0.25) is 14.1 Å². The molecular weight excluding hydrogens is 424 g/mol. The SMILES string of the molecule is COc1cc(NS(=O)(=O)c2ccc3c(c2)sc(=O)n3C(C)C)c(OC)cc1Cl. The van der Waals surface area contributed by atoms with Crippen molar-refractivity contribution in [3.63, 3.8) is 0 Å². The number of ether oxygens (including phenoxy) is 2. The van der Waals surface area contributed by atoms with E-state index < -0.39 is 10.0 Å². The number of hydrogen-bond acceptors (Lipinski definition) is 6. The van der Waals surface area contributed by atoms with Crippen molar-refractivity contribution >= 4 is 48.9 Å². The van der Waals surface area contributed by atoms with E-state index in [1.54, 1.807) is 10.6 Å². The monoisotopic (exact) mass is 442 g/mol. The molecule has 0 bridgehead atoms. The molecule has 150 valence electrons. The number of hydrogen-bond donors (Lipinski definition) is 1. The molecule has 3 aromatic rings. The second kappa shape index (κ2) is 7.65. The highest BCUT2D eigenvalue weighted by Gasteiger charge is 2.20. The second-order valence-corrected chi connectivity index (χ2v) is 9.34. The number of nitrogens with zero attached hydrogens (tertiary/aromatic N) is 1. The summed E-state index contributed by atoms with van der Waals surface area (Å²) in [6.07, 6.45) is 0. The minimum Gasteiger partial charge on any atom is -0.495 e. The van der Waals surface area contributed by atoms with Crippen LogP contribution in [0.3, 0.4) is 0 Å². The molecule has 0 aliphatic heterocycles. The molecule has 0 atom stereocenters. The van der Waals surface area contributed by atoms with Crippen molar-refractivity contribution in [3.05, 3.63) is 45.0 Å². The molecule has 0 aliphatic rings. The Morgan fingerprint density at radius 2 is 1.79 bits per heavy atom. The molecule has 0 aliphatic carbocycles. The lowest BCUT2D eigenvalue weighted by Crippen LogP contribution is -2.15. The van der Waals surface area contributed by atoms with Crippen molar-refractivity contribution in [2.75, 3.05) is 18.9 Å². The van der Waals surface area contributed by atoms with Gasteiger partial charge in [0, 0.05) is 18.2 Å². The van der Waals surface area contributed by atoms with Gasteiger partial charge in [-0.1, -0.05) is 22.9 Å². The van der Waals surface area contributed by atoms with E-state index in [4.69, 9.17) is 21.1 Å². The fourth-order valence-corrected chi connectivity index (χ4v) is 5.26. The number of benzene rings is 2. The molecule has 3 rings (SSSR count). The minimum absolute atomic E-state index is 0.0207. The molecule has 1 heterocycles. The maximum absolute atomic E-state index is 12.9. The van der Waals surface area contributed by atoms with Gasteiger partial charge in [0.05, 0.1) is 40.0 Å². The van der Waals surface area contributed by atoms with E-state index in [9.17, 15) is 13.2 Å². The fraction of sp³-hybridized carbons (Fsp3) is 0.278. The third kappa shape index (κ3) is 3.69. The Kier molecular flexibility index (Phi) is 5.60. The van der Waals surface area contributed by atoms with Crippen LogP contribution >= 0.6 is 22.9 Å². The normalized spacial score (nSPS) is 11.8. The number of rotatable bonds is 6. The molecule has 0 spiro atoms. The number of aromatic nitrogens is 1. The lowest BCUT2D eigenvalue weighted by atomic mass is 10.3. The van der Waals surface area contributed by atoms with E-state index in [2.05, 4.69) is 4.72 Å². The molecule has 0 saturated carbocycles. The van der Waals surface area contributed by atoms with Crippen LogP contribution in [0.4, 0.5) is 5.69 Å². The minimum atomic E-state index is -3.93. The van der Waals surface area contributed by atoms with E-state index in [1.165, 1.54) is 38.5 Å². The van der Waals surface area contributed by atoms with Crippen molar-refractivity contribution in [2.45, 2.75) is 24.8 Å². The van der Waals surface area contributed by atoms with Crippen molar-refractivity contribution in [1.29, 1.82) is 0 Å². The Morgan fingerprint density at radius 1 is 1.11 bits per heavy atom. The first-order chi connectivity index (χ1) is 13.2. The summed E-state index contributed by atoms with van der Waals surface area (Å²) in [5, 5.41) is 0.295. The third-order valence-electron chi connectivity index (χ3n) is 4.13. The van der Waals surface area contributed by atoms with Gasteiger partial charge in [-0.15, -0.1) is 0 Å². The third-order valence-corrected chi connectivity index (χ3v) is 6.71. The Labute approximate surface area is 171 Å². The summed E-state index contributed by atoms with van der Waals surface area (Å²) in [5.74, 6) is 0.564. The number of methoxy groups -OCH3 is 2. The van der Waals surface area contributed by atoms with Crippen molar-refractivity contribution < 1.29 is 17.9 Å². The molecule has 10 heteroatoms. The highest BCUT2D eigenvalue weighted by atomic mass is 35.5. The Morgan fingerprint density at radius 3 is 2.39 bits per heavy atom. The molecule has 0 unspecified atom stereocenters. The maximum Gasteiger partial charge on any atom is 0.308 e. The number of nitrogens with one attached hydrogen (secondary N) is 1.